The van der Waals surface area contributed by atoms with Gasteiger partial charge in [0.25, 0.3) is 5.91 Å². The van der Waals surface area contributed by atoms with Crippen LogP contribution in [0.25, 0.3) is 0 Å². The Bertz CT molecular complexity index is 593. The van der Waals surface area contributed by atoms with Crippen molar-refractivity contribution < 1.29 is 14.1 Å². The van der Waals surface area contributed by atoms with Gasteiger partial charge < -0.3 is 14.3 Å². The average Bonchev–Trinajstić information content (AvgIpc) is 2.90. The minimum absolute atomic E-state index is 0.0260. The Morgan fingerprint density at radius 2 is 2.19 bits per heavy atom. The van der Waals surface area contributed by atoms with E-state index in [0.29, 0.717) is 30.2 Å². The number of hydrogen-bond acceptors (Lipinski definition) is 4. The van der Waals surface area contributed by atoms with E-state index in [-0.39, 0.29) is 23.9 Å². The van der Waals surface area contributed by atoms with Crippen molar-refractivity contribution in [3.63, 3.8) is 0 Å². The van der Waals surface area contributed by atoms with Crippen LogP contribution in [0.5, 0.6) is 0 Å². The van der Waals surface area contributed by atoms with E-state index in [1.165, 1.54) is 19.0 Å². The van der Waals surface area contributed by atoms with E-state index in [9.17, 15) is 9.59 Å². The topological polar surface area (TPSA) is 66.7 Å². The lowest BCUT2D eigenvalue weighted by Crippen LogP contribution is -2.40. The van der Waals surface area contributed by atoms with Gasteiger partial charge in [0.2, 0.25) is 5.91 Å². The second kappa shape index (κ2) is 4.58. The number of rotatable bonds is 3. The van der Waals surface area contributed by atoms with E-state index in [1.807, 2.05) is 9.80 Å². The molecule has 0 radical (unpaired) electrons. The van der Waals surface area contributed by atoms with Crippen LogP contribution >= 0.6 is 0 Å². The fourth-order valence-electron chi connectivity index (χ4n) is 3.65. The molecule has 2 amide bonds. The molecule has 1 aromatic rings. The molecule has 0 N–H and O–H groups in total. The van der Waals surface area contributed by atoms with Crippen LogP contribution in [0.15, 0.2) is 10.7 Å². The van der Waals surface area contributed by atoms with E-state index < -0.39 is 0 Å². The summed E-state index contributed by atoms with van der Waals surface area (Å²) in [4.78, 5) is 28.7. The Hall–Kier alpha value is -1.85. The highest BCUT2D eigenvalue weighted by Gasteiger charge is 2.49. The highest BCUT2D eigenvalue weighted by molar-refractivity contribution is 5.96. The predicted octanol–water partition coefficient (Wildman–Crippen LogP) is 1.21. The van der Waals surface area contributed by atoms with Crippen molar-refractivity contribution in [2.75, 3.05) is 13.1 Å². The third-order valence-electron chi connectivity index (χ3n) is 5.01. The standard InChI is InChI=1S/C15H19N3O3/c1-9-11(7-16-21-9)15(20)17-5-4-12-13(17)6-14(19)18(12)8-10-2-3-10/h7,10,12-13H,2-6,8H2,1H3/t12-,13+/m0/s1. The third-order valence-corrected chi connectivity index (χ3v) is 5.01. The minimum atomic E-state index is -0.0534. The van der Waals surface area contributed by atoms with Crippen LogP contribution < -0.4 is 0 Å². The molecular formula is C15H19N3O3. The lowest BCUT2D eigenvalue weighted by Gasteiger charge is -2.25. The fraction of sp³-hybridized carbons (Fsp3) is 0.667. The van der Waals surface area contributed by atoms with Crippen LogP contribution in [0.4, 0.5) is 0 Å². The molecule has 4 rings (SSSR count). The molecule has 2 saturated heterocycles. The van der Waals surface area contributed by atoms with E-state index in [2.05, 4.69) is 5.16 Å². The molecule has 0 aromatic carbocycles. The summed E-state index contributed by atoms with van der Waals surface area (Å²) in [5, 5.41) is 3.68. The number of carbonyl (C=O) groups excluding carboxylic acids is 2. The van der Waals surface area contributed by atoms with Crippen molar-refractivity contribution in [2.24, 2.45) is 5.92 Å². The summed E-state index contributed by atoms with van der Waals surface area (Å²) in [6.45, 7) is 3.34. The normalized spacial score (nSPS) is 28.3. The zero-order valence-corrected chi connectivity index (χ0v) is 12.1. The highest BCUT2D eigenvalue weighted by Crippen LogP contribution is 2.38. The molecule has 2 atom stereocenters. The number of likely N-dealkylation sites (tertiary alicyclic amines) is 2. The first-order valence-corrected chi connectivity index (χ1v) is 7.67. The molecule has 6 nitrogen and oxygen atoms in total. The first-order chi connectivity index (χ1) is 10.1. The number of aromatic nitrogens is 1. The third kappa shape index (κ3) is 2.04. The lowest BCUT2D eigenvalue weighted by atomic mass is 10.1. The van der Waals surface area contributed by atoms with Gasteiger partial charge in [-0.05, 0) is 32.1 Å². The van der Waals surface area contributed by atoms with Gasteiger partial charge >= 0.3 is 0 Å². The Morgan fingerprint density at radius 1 is 1.38 bits per heavy atom. The van der Waals surface area contributed by atoms with Gasteiger partial charge in [0.15, 0.2) is 0 Å². The molecule has 1 aliphatic carbocycles. The van der Waals surface area contributed by atoms with Gasteiger partial charge in [-0.3, -0.25) is 9.59 Å². The zero-order chi connectivity index (χ0) is 14.6. The zero-order valence-electron chi connectivity index (χ0n) is 12.1. The molecule has 3 heterocycles. The predicted molar refractivity (Wildman–Crippen MR) is 73.5 cm³/mol. The van der Waals surface area contributed by atoms with Crippen molar-refractivity contribution in [3.05, 3.63) is 17.5 Å². The molecule has 1 saturated carbocycles. The van der Waals surface area contributed by atoms with E-state index in [1.54, 1.807) is 6.92 Å². The Kier molecular flexibility index (Phi) is 2.80. The molecule has 0 unspecified atom stereocenters. The minimum Gasteiger partial charge on any atom is -0.361 e. The Balaban J connectivity index is 1.53. The Labute approximate surface area is 123 Å². The molecule has 1 aromatic heterocycles. The number of carbonyl (C=O) groups is 2. The van der Waals surface area contributed by atoms with Crippen molar-refractivity contribution >= 4 is 11.8 Å². The summed E-state index contributed by atoms with van der Waals surface area (Å²) in [5.41, 5.74) is 0.517. The number of nitrogens with zero attached hydrogens (tertiary/aromatic N) is 3. The summed E-state index contributed by atoms with van der Waals surface area (Å²) in [5.74, 6) is 1.39. The maximum absolute atomic E-state index is 12.6. The lowest BCUT2D eigenvalue weighted by molar-refractivity contribution is -0.129. The van der Waals surface area contributed by atoms with Gasteiger partial charge in [-0.1, -0.05) is 5.16 Å². The maximum atomic E-state index is 12.6. The number of hydrogen-bond donors (Lipinski definition) is 0. The largest absolute Gasteiger partial charge is 0.361 e. The molecule has 2 aliphatic heterocycles. The van der Waals surface area contributed by atoms with Crippen LogP contribution in [0, 0.1) is 12.8 Å². The summed E-state index contributed by atoms with van der Waals surface area (Å²) < 4.78 is 4.98. The molecule has 3 fully saturated rings. The quantitative estimate of drug-likeness (QED) is 0.839. The van der Waals surface area contributed by atoms with E-state index in [0.717, 1.165) is 13.0 Å². The first-order valence-electron chi connectivity index (χ1n) is 7.67. The SMILES string of the molecule is Cc1oncc1C(=O)N1CC[C@H]2[C@H]1CC(=O)N2CC1CC1. The van der Waals surface area contributed by atoms with Crippen LogP contribution in [-0.4, -0.2) is 51.9 Å². The molecule has 3 aliphatic rings. The van der Waals surface area contributed by atoms with Gasteiger partial charge in [-0.15, -0.1) is 0 Å². The summed E-state index contributed by atoms with van der Waals surface area (Å²) in [6.07, 6.45) is 5.31. The average molecular weight is 289 g/mol. The number of aryl methyl sites for hydroxylation is 1. The van der Waals surface area contributed by atoms with Crippen LogP contribution in [0.1, 0.15) is 41.8 Å². The van der Waals surface area contributed by atoms with Crippen LogP contribution in [-0.2, 0) is 4.79 Å². The molecule has 0 spiro atoms. The Morgan fingerprint density at radius 3 is 2.86 bits per heavy atom. The summed E-state index contributed by atoms with van der Waals surface area (Å²) >= 11 is 0. The van der Waals surface area contributed by atoms with Gasteiger partial charge in [-0.25, -0.2) is 0 Å². The number of amides is 2. The first kappa shape index (κ1) is 12.9. The van der Waals surface area contributed by atoms with Crippen molar-refractivity contribution in [1.82, 2.24) is 15.0 Å². The van der Waals surface area contributed by atoms with Gasteiger partial charge in [-0.2, -0.15) is 0 Å². The molecular weight excluding hydrogens is 270 g/mol. The highest BCUT2D eigenvalue weighted by atomic mass is 16.5. The summed E-state index contributed by atoms with van der Waals surface area (Å²) in [6, 6.07) is 0.236. The van der Waals surface area contributed by atoms with E-state index in [4.69, 9.17) is 4.52 Å². The second-order valence-electron chi connectivity index (χ2n) is 6.41. The monoisotopic (exact) mass is 289 g/mol. The van der Waals surface area contributed by atoms with Gasteiger partial charge in [0.1, 0.15) is 11.3 Å². The van der Waals surface area contributed by atoms with Crippen molar-refractivity contribution in [2.45, 2.75) is 44.7 Å². The van der Waals surface area contributed by atoms with Crippen LogP contribution in [0.2, 0.25) is 0 Å². The van der Waals surface area contributed by atoms with Crippen molar-refractivity contribution in [1.29, 1.82) is 0 Å². The summed E-state index contributed by atoms with van der Waals surface area (Å²) in [7, 11) is 0. The smallest absolute Gasteiger partial charge is 0.259 e. The van der Waals surface area contributed by atoms with Crippen molar-refractivity contribution in [3.8, 4) is 0 Å². The van der Waals surface area contributed by atoms with E-state index >= 15 is 0 Å². The van der Waals surface area contributed by atoms with Gasteiger partial charge in [0.05, 0.1) is 18.3 Å². The van der Waals surface area contributed by atoms with Gasteiger partial charge in [0, 0.05) is 19.5 Å². The number of fused-ring (bicyclic) bond motifs is 1. The molecule has 0 bridgehead atoms. The molecule has 21 heavy (non-hydrogen) atoms. The second-order valence-corrected chi connectivity index (χ2v) is 6.41. The molecule has 112 valence electrons. The maximum Gasteiger partial charge on any atom is 0.259 e. The fourth-order valence-corrected chi connectivity index (χ4v) is 3.65. The molecule has 6 heteroatoms. The van der Waals surface area contributed by atoms with Crippen LogP contribution in [0.3, 0.4) is 0 Å².